The van der Waals surface area contributed by atoms with Gasteiger partial charge in [-0.2, -0.15) is 0 Å². The molecule has 0 aromatic heterocycles. The second kappa shape index (κ2) is 9.59. The molecule has 156 valence electrons. The standard InChI is InChI=1S/C22H35FN4O/c1-3-24-21(25-16-22(2)12-5-4-9-20(22)28)26-18-10-13-27(14-11-18)19-8-6-7-17(23)15-19/h6-8,15,18,20,28H,3-5,9-14,16H2,1-2H3,(H2,24,25,26). The highest BCUT2D eigenvalue weighted by atomic mass is 19.1. The summed E-state index contributed by atoms with van der Waals surface area (Å²) in [4.78, 5) is 7.05. The molecule has 3 N–H and O–H groups in total. The van der Waals surface area contributed by atoms with Crippen LogP contribution in [0.25, 0.3) is 0 Å². The van der Waals surface area contributed by atoms with Crippen molar-refractivity contribution in [3.8, 4) is 0 Å². The number of rotatable bonds is 5. The number of piperidine rings is 1. The molecule has 1 aromatic carbocycles. The van der Waals surface area contributed by atoms with E-state index < -0.39 is 0 Å². The van der Waals surface area contributed by atoms with E-state index in [4.69, 9.17) is 4.99 Å². The molecule has 28 heavy (non-hydrogen) atoms. The van der Waals surface area contributed by atoms with E-state index in [1.54, 1.807) is 12.1 Å². The van der Waals surface area contributed by atoms with E-state index in [9.17, 15) is 9.50 Å². The van der Waals surface area contributed by atoms with Gasteiger partial charge in [0.15, 0.2) is 5.96 Å². The Morgan fingerprint density at radius 2 is 2.07 bits per heavy atom. The maximum atomic E-state index is 13.5. The molecule has 6 heteroatoms. The summed E-state index contributed by atoms with van der Waals surface area (Å²) in [7, 11) is 0. The number of guanidine groups is 1. The molecule has 0 bridgehead atoms. The van der Waals surface area contributed by atoms with E-state index in [0.29, 0.717) is 12.6 Å². The number of aliphatic hydroxyl groups excluding tert-OH is 1. The SMILES string of the molecule is CCNC(=NCC1(C)CCCCC1O)NC1CCN(c2cccc(F)c2)CC1. The van der Waals surface area contributed by atoms with Crippen molar-refractivity contribution < 1.29 is 9.50 Å². The van der Waals surface area contributed by atoms with Crippen LogP contribution in [0.15, 0.2) is 29.3 Å². The van der Waals surface area contributed by atoms with Crippen LogP contribution in [-0.4, -0.2) is 49.4 Å². The molecule has 3 rings (SSSR count). The number of nitrogens with zero attached hydrogens (tertiary/aromatic N) is 2. The minimum absolute atomic E-state index is 0.124. The number of hydrogen-bond acceptors (Lipinski definition) is 3. The second-order valence-electron chi connectivity index (χ2n) is 8.50. The molecule has 2 fully saturated rings. The zero-order valence-electron chi connectivity index (χ0n) is 17.3. The first-order chi connectivity index (χ1) is 13.5. The molecule has 2 atom stereocenters. The molecule has 0 amide bonds. The summed E-state index contributed by atoms with van der Waals surface area (Å²) in [5, 5.41) is 17.3. The van der Waals surface area contributed by atoms with Gasteiger partial charge in [-0.15, -0.1) is 0 Å². The summed E-state index contributed by atoms with van der Waals surface area (Å²) in [5.74, 6) is 0.656. The number of halogens is 1. The van der Waals surface area contributed by atoms with E-state index in [-0.39, 0.29) is 17.3 Å². The zero-order valence-corrected chi connectivity index (χ0v) is 17.3. The number of nitrogens with one attached hydrogen (secondary N) is 2. The van der Waals surface area contributed by atoms with Gasteiger partial charge in [-0.1, -0.05) is 25.8 Å². The lowest BCUT2D eigenvalue weighted by Gasteiger charge is -2.37. The average Bonchev–Trinajstić information content (AvgIpc) is 2.69. The van der Waals surface area contributed by atoms with Crippen LogP contribution in [0.3, 0.4) is 0 Å². The van der Waals surface area contributed by atoms with Crippen LogP contribution in [0.4, 0.5) is 10.1 Å². The highest BCUT2D eigenvalue weighted by Crippen LogP contribution is 2.36. The van der Waals surface area contributed by atoms with Gasteiger partial charge in [0.1, 0.15) is 5.82 Å². The smallest absolute Gasteiger partial charge is 0.191 e. The van der Waals surface area contributed by atoms with Gasteiger partial charge < -0.3 is 20.6 Å². The van der Waals surface area contributed by atoms with Gasteiger partial charge in [-0.05, 0) is 50.8 Å². The molecule has 1 aliphatic heterocycles. The third kappa shape index (κ3) is 5.37. The number of aliphatic imine (C=N–C) groups is 1. The van der Waals surface area contributed by atoms with Crippen molar-refractivity contribution >= 4 is 11.6 Å². The van der Waals surface area contributed by atoms with Gasteiger partial charge in [-0.3, -0.25) is 4.99 Å². The Bertz CT molecular complexity index is 660. The number of benzene rings is 1. The first-order valence-corrected chi connectivity index (χ1v) is 10.7. The lowest BCUT2D eigenvalue weighted by atomic mass is 9.73. The minimum atomic E-state index is -0.262. The second-order valence-corrected chi connectivity index (χ2v) is 8.50. The lowest BCUT2D eigenvalue weighted by Crippen LogP contribution is -2.49. The number of anilines is 1. The van der Waals surface area contributed by atoms with Crippen molar-refractivity contribution in [3.05, 3.63) is 30.1 Å². The molecule has 1 aromatic rings. The van der Waals surface area contributed by atoms with Gasteiger partial charge in [0.25, 0.3) is 0 Å². The summed E-state index contributed by atoms with van der Waals surface area (Å²) in [5.41, 5.74) is 0.833. The highest BCUT2D eigenvalue weighted by Gasteiger charge is 2.35. The van der Waals surface area contributed by atoms with E-state index in [2.05, 4.69) is 29.4 Å². The first-order valence-electron chi connectivity index (χ1n) is 10.7. The molecule has 2 unspecified atom stereocenters. The quantitative estimate of drug-likeness (QED) is 0.533. The van der Waals surface area contributed by atoms with E-state index in [0.717, 1.165) is 63.4 Å². The fraction of sp³-hybridized carbons (Fsp3) is 0.682. The monoisotopic (exact) mass is 390 g/mol. The van der Waals surface area contributed by atoms with Crippen LogP contribution in [0, 0.1) is 11.2 Å². The Balaban J connectivity index is 1.54. The summed E-state index contributed by atoms with van der Waals surface area (Å²) in [6.07, 6.45) is 5.91. The average molecular weight is 391 g/mol. The van der Waals surface area contributed by atoms with E-state index in [1.165, 1.54) is 12.5 Å². The predicted molar refractivity (Wildman–Crippen MR) is 113 cm³/mol. The van der Waals surface area contributed by atoms with Crippen molar-refractivity contribution in [1.29, 1.82) is 0 Å². The van der Waals surface area contributed by atoms with Gasteiger partial charge in [0.2, 0.25) is 0 Å². The molecule has 1 saturated heterocycles. The van der Waals surface area contributed by atoms with Gasteiger partial charge in [0.05, 0.1) is 12.6 Å². The summed E-state index contributed by atoms with van der Waals surface area (Å²) < 4.78 is 13.5. The fourth-order valence-electron chi connectivity index (χ4n) is 4.29. The van der Waals surface area contributed by atoms with Crippen LogP contribution in [0.5, 0.6) is 0 Å². The molecular weight excluding hydrogens is 355 g/mol. The maximum Gasteiger partial charge on any atom is 0.191 e. The minimum Gasteiger partial charge on any atom is -0.392 e. The Morgan fingerprint density at radius 1 is 1.29 bits per heavy atom. The highest BCUT2D eigenvalue weighted by molar-refractivity contribution is 5.80. The van der Waals surface area contributed by atoms with Crippen LogP contribution in [0.2, 0.25) is 0 Å². The normalized spacial score (nSPS) is 26.9. The third-order valence-corrected chi connectivity index (χ3v) is 6.23. The maximum absolute atomic E-state index is 13.5. The van der Waals surface area contributed by atoms with Crippen LogP contribution < -0.4 is 15.5 Å². The van der Waals surface area contributed by atoms with Crippen molar-refractivity contribution in [3.63, 3.8) is 0 Å². The molecule has 1 saturated carbocycles. The Labute approximate surface area is 168 Å². The topological polar surface area (TPSA) is 59.9 Å². The summed E-state index contributed by atoms with van der Waals surface area (Å²) in [6.45, 7) is 7.48. The van der Waals surface area contributed by atoms with Gasteiger partial charge >= 0.3 is 0 Å². The predicted octanol–water partition coefficient (Wildman–Crippen LogP) is 3.29. The largest absolute Gasteiger partial charge is 0.392 e. The van der Waals surface area contributed by atoms with Crippen LogP contribution in [0.1, 0.15) is 52.4 Å². The van der Waals surface area contributed by atoms with Crippen molar-refractivity contribution in [2.24, 2.45) is 10.4 Å². The third-order valence-electron chi connectivity index (χ3n) is 6.23. The molecule has 5 nitrogen and oxygen atoms in total. The van der Waals surface area contributed by atoms with Crippen molar-refractivity contribution in [2.75, 3.05) is 31.1 Å². The van der Waals surface area contributed by atoms with E-state index >= 15 is 0 Å². The van der Waals surface area contributed by atoms with E-state index in [1.807, 2.05) is 6.07 Å². The van der Waals surface area contributed by atoms with Gasteiger partial charge in [-0.25, -0.2) is 4.39 Å². The molecule has 0 spiro atoms. The van der Waals surface area contributed by atoms with Crippen molar-refractivity contribution in [2.45, 2.75) is 64.5 Å². The Hall–Kier alpha value is -1.82. The molecule has 1 aliphatic carbocycles. The molecule has 2 aliphatic rings. The molecule has 1 heterocycles. The molecule has 0 radical (unpaired) electrons. The Kier molecular flexibility index (Phi) is 7.16. The summed E-state index contributed by atoms with van der Waals surface area (Å²) in [6, 6.07) is 7.19. The number of aliphatic hydroxyl groups is 1. The lowest BCUT2D eigenvalue weighted by molar-refractivity contribution is 0.00715. The first kappa shape index (κ1) is 20.9. The molecular formula is C22H35FN4O. The van der Waals surface area contributed by atoms with Crippen LogP contribution in [-0.2, 0) is 0 Å². The number of hydrogen-bond donors (Lipinski definition) is 3. The summed E-state index contributed by atoms with van der Waals surface area (Å²) >= 11 is 0. The zero-order chi connectivity index (χ0) is 20.0. The van der Waals surface area contributed by atoms with Crippen LogP contribution >= 0.6 is 0 Å². The Morgan fingerprint density at radius 3 is 2.75 bits per heavy atom. The fourth-order valence-corrected chi connectivity index (χ4v) is 4.29. The van der Waals surface area contributed by atoms with Crippen molar-refractivity contribution in [1.82, 2.24) is 10.6 Å². The van der Waals surface area contributed by atoms with Gasteiger partial charge in [0, 0.05) is 36.8 Å².